The number of likely N-dealkylation sites (tertiary alicyclic amines) is 1. The van der Waals surface area contributed by atoms with Gasteiger partial charge in [-0.2, -0.15) is 0 Å². The van der Waals surface area contributed by atoms with Gasteiger partial charge in [0.05, 0.1) is 0 Å². The van der Waals surface area contributed by atoms with Gasteiger partial charge in [0.2, 0.25) is 0 Å². The van der Waals surface area contributed by atoms with Crippen molar-refractivity contribution in [1.82, 2.24) is 15.2 Å². The highest BCUT2D eigenvalue weighted by atomic mass is 32.1. The van der Waals surface area contributed by atoms with Crippen LogP contribution in [-0.4, -0.2) is 42.0 Å². The first-order valence-electron chi connectivity index (χ1n) is 7.64. The predicted octanol–water partition coefficient (Wildman–Crippen LogP) is 2.94. The van der Waals surface area contributed by atoms with Crippen molar-refractivity contribution in [3.8, 4) is 10.6 Å². The van der Waals surface area contributed by atoms with Crippen LogP contribution in [0.5, 0.6) is 0 Å². The third kappa shape index (κ3) is 3.54. The van der Waals surface area contributed by atoms with Gasteiger partial charge < -0.3 is 10.2 Å². The van der Waals surface area contributed by atoms with Crippen molar-refractivity contribution in [2.45, 2.75) is 25.8 Å². The molecular weight excluding hydrogens is 294 g/mol. The van der Waals surface area contributed by atoms with E-state index in [1.807, 2.05) is 17.5 Å². The van der Waals surface area contributed by atoms with E-state index in [2.05, 4.69) is 41.3 Å². The average Bonchev–Trinajstić information content (AvgIpc) is 3.00. The van der Waals surface area contributed by atoms with Crippen LogP contribution in [0.25, 0.3) is 10.6 Å². The van der Waals surface area contributed by atoms with Gasteiger partial charge in [-0.3, -0.25) is 4.79 Å². The monoisotopic (exact) mass is 315 g/mol. The molecule has 1 saturated heterocycles. The first-order valence-corrected chi connectivity index (χ1v) is 8.52. The van der Waals surface area contributed by atoms with Crippen LogP contribution in [0, 0.1) is 6.92 Å². The van der Waals surface area contributed by atoms with Gasteiger partial charge in [-0.1, -0.05) is 29.8 Å². The molecule has 3 rings (SSSR count). The van der Waals surface area contributed by atoms with Crippen molar-refractivity contribution in [3.63, 3.8) is 0 Å². The van der Waals surface area contributed by atoms with Crippen LogP contribution in [-0.2, 0) is 0 Å². The van der Waals surface area contributed by atoms with Gasteiger partial charge in [-0.05, 0) is 39.9 Å². The molecule has 0 atom stereocenters. The molecule has 1 N–H and O–H groups in total. The molecule has 0 bridgehead atoms. The van der Waals surface area contributed by atoms with Gasteiger partial charge in [-0.15, -0.1) is 11.3 Å². The summed E-state index contributed by atoms with van der Waals surface area (Å²) in [4.78, 5) is 19.1. The minimum Gasteiger partial charge on any atom is -0.348 e. The van der Waals surface area contributed by atoms with Crippen molar-refractivity contribution in [1.29, 1.82) is 0 Å². The third-order valence-corrected chi connectivity index (χ3v) is 4.98. The Kier molecular flexibility index (Phi) is 4.55. The Hall–Kier alpha value is -1.72. The lowest BCUT2D eigenvalue weighted by Crippen LogP contribution is -2.43. The maximum atomic E-state index is 12.3. The molecule has 1 amide bonds. The second-order valence-corrected chi connectivity index (χ2v) is 6.81. The van der Waals surface area contributed by atoms with Gasteiger partial charge in [0.1, 0.15) is 10.7 Å². The number of hydrogen-bond donors (Lipinski definition) is 1. The maximum Gasteiger partial charge on any atom is 0.270 e. The summed E-state index contributed by atoms with van der Waals surface area (Å²) in [6, 6.07) is 8.50. The molecule has 1 aliphatic heterocycles. The molecule has 116 valence electrons. The number of carbonyl (C=O) groups excluding carboxylic acids is 1. The summed E-state index contributed by atoms with van der Waals surface area (Å²) in [7, 11) is 2.12. The molecule has 1 aromatic heterocycles. The van der Waals surface area contributed by atoms with Crippen LogP contribution in [0.1, 0.15) is 28.9 Å². The number of carbonyl (C=O) groups is 1. The van der Waals surface area contributed by atoms with Gasteiger partial charge >= 0.3 is 0 Å². The van der Waals surface area contributed by atoms with Gasteiger partial charge in [0.15, 0.2) is 0 Å². The molecule has 2 heterocycles. The summed E-state index contributed by atoms with van der Waals surface area (Å²) in [5.74, 6) is -0.0517. The molecule has 0 radical (unpaired) electrons. The van der Waals surface area contributed by atoms with Gasteiger partial charge in [0, 0.05) is 17.0 Å². The minimum absolute atomic E-state index is 0.0517. The van der Waals surface area contributed by atoms with Crippen LogP contribution in [0.3, 0.4) is 0 Å². The number of nitrogens with zero attached hydrogens (tertiary/aromatic N) is 2. The Bertz CT molecular complexity index is 642. The largest absolute Gasteiger partial charge is 0.348 e. The quantitative estimate of drug-likeness (QED) is 0.947. The second kappa shape index (κ2) is 6.58. The van der Waals surface area contributed by atoms with Crippen molar-refractivity contribution >= 4 is 17.2 Å². The van der Waals surface area contributed by atoms with Crippen molar-refractivity contribution in [2.75, 3.05) is 20.1 Å². The number of aromatic nitrogens is 1. The summed E-state index contributed by atoms with van der Waals surface area (Å²) < 4.78 is 0. The smallest absolute Gasteiger partial charge is 0.270 e. The SMILES string of the molecule is Cc1ccc(-c2nc(C(=O)NC3CCN(C)CC3)cs2)cc1. The third-order valence-electron chi connectivity index (χ3n) is 4.09. The summed E-state index contributed by atoms with van der Waals surface area (Å²) in [6.45, 7) is 4.14. The number of rotatable bonds is 3. The van der Waals surface area contributed by atoms with E-state index < -0.39 is 0 Å². The summed E-state index contributed by atoms with van der Waals surface area (Å²) >= 11 is 1.52. The van der Waals surface area contributed by atoms with Crippen LogP contribution >= 0.6 is 11.3 Å². The molecule has 22 heavy (non-hydrogen) atoms. The van der Waals surface area contributed by atoms with Crippen LogP contribution in [0.2, 0.25) is 0 Å². The number of aryl methyl sites for hydroxylation is 1. The normalized spacial score (nSPS) is 16.6. The molecule has 0 spiro atoms. The lowest BCUT2D eigenvalue weighted by molar-refractivity contribution is 0.0912. The maximum absolute atomic E-state index is 12.3. The fraction of sp³-hybridized carbons (Fsp3) is 0.412. The first kappa shape index (κ1) is 15.2. The molecule has 1 aliphatic rings. The second-order valence-electron chi connectivity index (χ2n) is 5.95. The summed E-state index contributed by atoms with van der Waals surface area (Å²) in [6.07, 6.45) is 2.02. The number of thiazole rings is 1. The Balaban J connectivity index is 1.65. The van der Waals surface area contributed by atoms with E-state index in [0.29, 0.717) is 5.69 Å². The van der Waals surface area contributed by atoms with Gasteiger partial charge in [0.25, 0.3) is 5.91 Å². The topological polar surface area (TPSA) is 45.2 Å². The summed E-state index contributed by atoms with van der Waals surface area (Å²) in [5, 5.41) is 5.85. The number of hydrogen-bond acceptors (Lipinski definition) is 4. The highest BCUT2D eigenvalue weighted by Crippen LogP contribution is 2.24. The molecule has 0 unspecified atom stereocenters. The van der Waals surface area contributed by atoms with Crippen LogP contribution in [0.15, 0.2) is 29.6 Å². The highest BCUT2D eigenvalue weighted by Gasteiger charge is 2.20. The molecule has 0 saturated carbocycles. The number of benzene rings is 1. The van der Waals surface area contributed by atoms with E-state index in [-0.39, 0.29) is 11.9 Å². The summed E-state index contributed by atoms with van der Waals surface area (Å²) in [5.41, 5.74) is 2.81. The lowest BCUT2D eigenvalue weighted by Gasteiger charge is -2.29. The molecule has 5 heteroatoms. The molecular formula is C17H21N3OS. The predicted molar refractivity (Wildman–Crippen MR) is 90.3 cm³/mol. The zero-order valence-electron chi connectivity index (χ0n) is 13.0. The number of amides is 1. The Morgan fingerprint density at radius 1 is 1.27 bits per heavy atom. The zero-order valence-corrected chi connectivity index (χ0v) is 13.8. The van der Waals surface area contributed by atoms with Crippen LogP contribution < -0.4 is 5.32 Å². The molecule has 1 aromatic carbocycles. The molecule has 0 aliphatic carbocycles. The van der Waals surface area contributed by atoms with Crippen LogP contribution in [0.4, 0.5) is 0 Å². The fourth-order valence-electron chi connectivity index (χ4n) is 2.62. The van der Waals surface area contributed by atoms with E-state index in [1.165, 1.54) is 16.9 Å². The average molecular weight is 315 g/mol. The number of piperidine rings is 1. The van der Waals surface area contributed by atoms with E-state index in [4.69, 9.17) is 0 Å². The van der Waals surface area contributed by atoms with Crippen molar-refractivity contribution < 1.29 is 4.79 Å². The molecule has 4 nitrogen and oxygen atoms in total. The van der Waals surface area contributed by atoms with E-state index in [9.17, 15) is 4.79 Å². The van der Waals surface area contributed by atoms with Gasteiger partial charge in [-0.25, -0.2) is 4.98 Å². The Morgan fingerprint density at radius 3 is 2.64 bits per heavy atom. The Labute approximate surface area is 135 Å². The first-order chi connectivity index (χ1) is 10.6. The number of nitrogens with one attached hydrogen (secondary N) is 1. The van der Waals surface area contributed by atoms with E-state index in [1.54, 1.807) is 0 Å². The zero-order chi connectivity index (χ0) is 15.5. The van der Waals surface area contributed by atoms with Crippen molar-refractivity contribution in [3.05, 3.63) is 40.9 Å². The van der Waals surface area contributed by atoms with E-state index in [0.717, 1.165) is 36.5 Å². The highest BCUT2D eigenvalue weighted by molar-refractivity contribution is 7.13. The fourth-order valence-corrected chi connectivity index (χ4v) is 3.43. The minimum atomic E-state index is -0.0517. The molecule has 1 fully saturated rings. The Morgan fingerprint density at radius 2 is 1.95 bits per heavy atom. The van der Waals surface area contributed by atoms with Crippen molar-refractivity contribution in [2.24, 2.45) is 0 Å². The standard InChI is InChI=1S/C17H21N3OS/c1-12-3-5-13(6-4-12)17-19-15(11-22-17)16(21)18-14-7-9-20(2)10-8-14/h3-6,11,14H,7-10H2,1-2H3,(H,18,21). The molecule has 2 aromatic rings. The van der Waals surface area contributed by atoms with E-state index >= 15 is 0 Å². The lowest BCUT2D eigenvalue weighted by atomic mass is 10.1.